The second-order valence-electron chi connectivity index (χ2n) is 13.2. The zero-order chi connectivity index (χ0) is 25.0. The second kappa shape index (κ2) is 7.51. The smallest absolute Gasteiger partial charge is 0.261 e. The number of alkyl halides is 2. The largest absolute Gasteiger partial charge is 0.359 e. The van der Waals surface area contributed by atoms with E-state index in [2.05, 4.69) is 53.2 Å². The van der Waals surface area contributed by atoms with E-state index in [1.165, 1.54) is 40.3 Å². The van der Waals surface area contributed by atoms with Crippen LogP contribution in [-0.4, -0.2) is 46.1 Å². The summed E-state index contributed by atoms with van der Waals surface area (Å²) < 4.78 is 35.5. The van der Waals surface area contributed by atoms with Crippen molar-refractivity contribution in [3.63, 3.8) is 0 Å². The molecule has 3 nitrogen and oxygen atoms in total. The van der Waals surface area contributed by atoms with Gasteiger partial charge in [-0.3, -0.25) is 9.88 Å². The van der Waals surface area contributed by atoms with Crippen LogP contribution in [0.1, 0.15) is 76.2 Å². The van der Waals surface area contributed by atoms with Gasteiger partial charge in [-0.05, 0) is 103 Å². The Hall–Kier alpha value is -2.11. The molecule has 3 aliphatic heterocycles. The highest BCUT2D eigenvalue weighted by Gasteiger charge is 2.66. The number of likely N-dealkylation sites (tertiary alicyclic amines) is 1. The molecule has 0 unspecified atom stereocenters. The van der Waals surface area contributed by atoms with Crippen molar-refractivity contribution < 1.29 is 13.5 Å². The predicted molar refractivity (Wildman–Crippen MR) is 141 cm³/mol. The number of nitrogens with zero attached hydrogens (tertiary/aromatic N) is 2. The zero-order valence-electron chi connectivity index (χ0n) is 21.7. The highest BCUT2D eigenvalue weighted by molar-refractivity contribution is 5.82. The van der Waals surface area contributed by atoms with Crippen molar-refractivity contribution in [2.24, 2.45) is 11.3 Å². The molecule has 0 amide bonds. The molecule has 1 aromatic carbocycles. The number of aromatic nitrogens is 1. The van der Waals surface area contributed by atoms with E-state index in [0.717, 1.165) is 38.5 Å². The van der Waals surface area contributed by atoms with E-state index in [9.17, 15) is 8.78 Å². The summed E-state index contributed by atoms with van der Waals surface area (Å²) in [6.07, 6.45) is 17.3. The SMILES string of the molecule is C[C@]12CC=C3C=C4CC[C@@H](N5CCC(F)(F)C5)C[C@]45CC[C@]3(O5)[C@@H]1CC[C@@H]2c1ccc2ccncc2c1. The van der Waals surface area contributed by atoms with E-state index in [4.69, 9.17) is 4.74 Å². The monoisotopic (exact) mass is 502 g/mol. The number of hydrogen-bond donors (Lipinski definition) is 0. The molecule has 2 saturated heterocycles. The fraction of sp³-hybridized carbons (Fsp3) is 0.594. The summed E-state index contributed by atoms with van der Waals surface area (Å²) >= 11 is 0. The minimum Gasteiger partial charge on any atom is -0.359 e. The summed E-state index contributed by atoms with van der Waals surface area (Å²) in [7, 11) is 0. The van der Waals surface area contributed by atoms with Crippen molar-refractivity contribution in [3.05, 3.63) is 65.5 Å². The Balaban J connectivity index is 1.12. The molecule has 5 heteroatoms. The summed E-state index contributed by atoms with van der Waals surface area (Å²) in [5, 5.41) is 2.47. The van der Waals surface area contributed by atoms with Gasteiger partial charge in [0.15, 0.2) is 0 Å². The summed E-state index contributed by atoms with van der Waals surface area (Å²) in [4.78, 5) is 6.43. The topological polar surface area (TPSA) is 25.4 Å². The molecule has 3 aliphatic carbocycles. The molecule has 4 fully saturated rings. The van der Waals surface area contributed by atoms with Crippen LogP contribution in [0.3, 0.4) is 0 Å². The van der Waals surface area contributed by atoms with Crippen LogP contribution >= 0.6 is 0 Å². The van der Waals surface area contributed by atoms with E-state index in [1.54, 1.807) is 0 Å². The maximum absolute atomic E-state index is 14.0. The summed E-state index contributed by atoms with van der Waals surface area (Å²) in [6, 6.07) is 9.26. The van der Waals surface area contributed by atoms with Crippen LogP contribution < -0.4 is 0 Å². The summed E-state index contributed by atoms with van der Waals surface area (Å²) in [5.74, 6) is -1.54. The molecule has 6 aliphatic rings. The third kappa shape index (κ3) is 3.13. The van der Waals surface area contributed by atoms with Gasteiger partial charge in [0.2, 0.25) is 0 Å². The number of hydrogen-bond acceptors (Lipinski definition) is 3. The first kappa shape index (κ1) is 22.8. The average molecular weight is 503 g/mol. The Bertz CT molecular complexity index is 1350. The fourth-order valence-corrected chi connectivity index (χ4v) is 9.64. The van der Waals surface area contributed by atoms with Crippen LogP contribution in [-0.2, 0) is 4.74 Å². The maximum atomic E-state index is 14.0. The molecular formula is C32H36F2N2O. The van der Waals surface area contributed by atoms with Crippen molar-refractivity contribution in [3.8, 4) is 0 Å². The van der Waals surface area contributed by atoms with Gasteiger partial charge in [0.25, 0.3) is 5.92 Å². The van der Waals surface area contributed by atoms with Gasteiger partial charge in [0.1, 0.15) is 0 Å². The van der Waals surface area contributed by atoms with Crippen molar-refractivity contribution >= 4 is 10.8 Å². The number of rotatable bonds is 2. The molecule has 0 radical (unpaired) electrons. The number of benzene rings is 1. The number of pyridine rings is 1. The predicted octanol–water partition coefficient (Wildman–Crippen LogP) is 7.19. The average Bonchev–Trinajstić information content (AvgIpc) is 3.54. The third-order valence-corrected chi connectivity index (χ3v) is 11.4. The molecule has 2 aromatic rings. The van der Waals surface area contributed by atoms with Crippen molar-refractivity contribution in [2.45, 2.75) is 93.8 Å². The Kier molecular flexibility index (Phi) is 4.63. The fourth-order valence-electron chi connectivity index (χ4n) is 9.64. The third-order valence-electron chi connectivity index (χ3n) is 11.4. The maximum Gasteiger partial charge on any atom is 0.261 e. The highest BCUT2D eigenvalue weighted by atomic mass is 19.3. The lowest BCUT2D eigenvalue weighted by Crippen LogP contribution is -2.55. The van der Waals surface area contributed by atoms with Gasteiger partial charge < -0.3 is 4.74 Å². The van der Waals surface area contributed by atoms with E-state index >= 15 is 0 Å². The van der Waals surface area contributed by atoms with Crippen LogP contribution in [0.4, 0.5) is 8.78 Å². The van der Waals surface area contributed by atoms with Crippen molar-refractivity contribution in [1.29, 1.82) is 0 Å². The lowest BCUT2D eigenvalue weighted by atomic mass is 9.58. The molecule has 6 atom stereocenters. The summed E-state index contributed by atoms with van der Waals surface area (Å²) in [6.45, 7) is 2.95. The molecule has 2 spiro atoms. The first-order valence-corrected chi connectivity index (χ1v) is 14.4. The van der Waals surface area contributed by atoms with Gasteiger partial charge in [0.05, 0.1) is 17.7 Å². The van der Waals surface area contributed by atoms with E-state index in [1.807, 2.05) is 12.4 Å². The Morgan fingerprint density at radius 2 is 1.97 bits per heavy atom. The van der Waals surface area contributed by atoms with Gasteiger partial charge in [-0.25, -0.2) is 8.78 Å². The van der Waals surface area contributed by atoms with Gasteiger partial charge in [-0.2, -0.15) is 0 Å². The molecule has 2 bridgehead atoms. The van der Waals surface area contributed by atoms with Crippen LogP contribution in [0.25, 0.3) is 10.8 Å². The normalized spacial score (nSPS) is 42.2. The first-order valence-electron chi connectivity index (χ1n) is 14.4. The number of halogens is 2. The van der Waals surface area contributed by atoms with E-state index in [-0.39, 0.29) is 35.6 Å². The molecule has 4 heterocycles. The van der Waals surface area contributed by atoms with Crippen molar-refractivity contribution in [2.75, 3.05) is 13.1 Å². The quantitative estimate of drug-likeness (QED) is 0.435. The minimum atomic E-state index is -2.53. The Morgan fingerprint density at radius 1 is 1.05 bits per heavy atom. The number of fused-ring (bicyclic) bond motifs is 2. The van der Waals surface area contributed by atoms with Crippen LogP contribution in [0.5, 0.6) is 0 Å². The van der Waals surface area contributed by atoms with Gasteiger partial charge >= 0.3 is 0 Å². The van der Waals surface area contributed by atoms with Crippen LogP contribution in [0.2, 0.25) is 0 Å². The standard InChI is InChI=1S/C32H36F2N2O/c1-29-10-8-25-17-24-4-5-26(36-15-13-31(33,34)20-36)18-30(24)11-12-32(25,37-30)28(29)7-6-27(29)22-3-2-21-9-14-35-19-23(21)16-22/h2-3,8-9,14,16-17,19,26-28H,4-7,10-13,15,18,20H2,1H3/t26-,27-,28-,29-,30-,32-/m1/s1. The van der Waals surface area contributed by atoms with Gasteiger partial charge in [0, 0.05) is 36.8 Å². The molecular weight excluding hydrogens is 466 g/mol. The van der Waals surface area contributed by atoms with Crippen LogP contribution in [0, 0.1) is 11.3 Å². The second-order valence-corrected chi connectivity index (χ2v) is 13.2. The number of allylic oxidation sites excluding steroid dienone is 1. The van der Waals surface area contributed by atoms with Gasteiger partial charge in [-0.1, -0.05) is 31.2 Å². The van der Waals surface area contributed by atoms with Gasteiger partial charge in [-0.15, -0.1) is 0 Å². The minimum absolute atomic E-state index is 0.00350. The zero-order valence-corrected chi connectivity index (χ0v) is 21.7. The molecule has 194 valence electrons. The first-order chi connectivity index (χ1) is 17.8. The van der Waals surface area contributed by atoms with E-state index < -0.39 is 5.92 Å². The highest BCUT2D eigenvalue weighted by Crippen LogP contribution is 2.69. The number of ether oxygens (including phenoxy) is 1. The molecule has 0 N–H and O–H groups in total. The van der Waals surface area contributed by atoms with Crippen molar-refractivity contribution in [1.82, 2.24) is 9.88 Å². The summed E-state index contributed by atoms with van der Waals surface area (Å²) in [5.41, 5.74) is 4.00. The van der Waals surface area contributed by atoms with E-state index in [0.29, 0.717) is 18.4 Å². The Morgan fingerprint density at radius 3 is 2.84 bits per heavy atom. The van der Waals surface area contributed by atoms with Crippen LogP contribution in [0.15, 0.2) is 60.0 Å². The molecule has 37 heavy (non-hydrogen) atoms. The lowest BCUT2D eigenvalue weighted by Gasteiger charge is -2.55. The Labute approximate surface area is 218 Å². The lowest BCUT2D eigenvalue weighted by molar-refractivity contribution is -0.141. The molecule has 1 aromatic heterocycles. The molecule has 8 rings (SSSR count). The molecule has 2 saturated carbocycles.